The Balaban J connectivity index is 2.17. The first-order chi connectivity index (χ1) is 8.06. The molecule has 0 saturated heterocycles. The van der Waals surface area contributed by atoms with Crippen LogP contribution in [-0.4, -0.2) is 23.6 Å². The molecule has 0 heterocycles. The van der Waals surface area contributed by atoms with Crippen LogP contribution in [0.2, 0.25) is 0 Å². The summed E-state index contributed by atoms with van der Waals surface area (Å²) in [5, 5.41) is 15.3. The summed E-state index contributed by atoms with van der Waals surface area (Å²) < 4.78 is 0. The molecule has 98 valence electrons. The minimum Gasteiger partial charge on any atom is -0.409 e. The highest BCUT2D eigenvalue weighted by Gasteiger charge is 2.22. The van der Waals surface area contributed by atoms with Gasteiger partial charge >= 0.3 is 0 Å². The molecular weight excluding hydrogens is 214 g/mol. The van der Waals surface area contributed by atoms with Crippen molar-refractivity contribution in [2.24, 2.45) is 16.3 Å². The fraction of sp³-hybridized carbons (Fsp3) is 0.769. The summed E-state index contributed by atoms with van der Waals surface area (Å²) in [4.78, 5) is 0. The third kappa shape index (κ3) is 4.77. The van der Waals surface area contributed by atoms with Gasteiger partial charge in [-0.1, -0.05) is 31.2 Å². The van der Waals surface area contributed by atoms with E-state index in [4.69, 9.17) is 10.9 Å². The van der Waals surface area contributed by atoms with Gasteiger partial charge in [-0.05, 0) is 38.6 Å². The molecule has 17 heavy (non-hydrogen) atoms. The topological polar surface area (TPSA) is 70.6 Å². The first-order valence-electron chi connectivity index (χ1n) is 6.42. The smallest absolute Gasteiger partial charge is 0.144 e. The van der Waals surface area contributed by atoms with Crippen LogP contribution in [0.1, 0.15) is 46.0 Å². The molecule has 1 atom stereocenters. The molecule has 0 aromatic carbocycles. The molecule has 1 aliphatic carbocycles. The summed E-state index contributed by atoms with van der Waals surface area (Å²) >= 11 is 0. The van der Waals surface area contributed by atoms with Crippen molar-refractivity contribution >= 4 is 5.84 Å². The Kier molecular flexibility index (Phi) is 5.48. The molecule has 0 aromatic heterocycles. The number of hydrogen-bond donors (Lipinski definition) is 3. The molecule has 0 aromatic rings. The molecule has 0 spiro atoms. The van der Waals surface area contributed by atoms with Crippen LogP contribution in [-0.2, 0) is 0 Å². The van der Waals surface area contributed by atoms with Crippen molar-refractivity contribution in [3.8, 4) is 0 Å². The van der Waals surface area contributed by atoms with Gasteiger partial charge in [0.2, 0.25) is 0 Å². The van der Waals surface area contributed by atoms with Crippen molar-refractivity contribution in [1.82, 2.24) is 5.32 Å². The van der Waals surface area contributed by atoms with E-state index >= 15 is 0 Å². The lowest BCUT2D eigenvalue weighted by Crippen LogP contribution is -2.34. The van der Waals surface area contributed by atoms with Crippen molar-refractivity contribution in [3.63, 3.8) is 0 Å². The summed E-state index contributed by atoms with van der Waals surface area (Å²) in [6.07, 6.45) is 10.0. The van der Waals surface area contributed by atoms with Gasteiger partial charge in [0.1, 0.15) is 5.84 Å². The van der Waals surface area contributed by atoms with E-state index in [-0.39, 0.29) is 5.41 Å². The van der Waals surface area contributed by atoms with Gasteiger partial charge in [0, 0.05) is 11.5 Å². The lowest BCUT2D eigenvalue weighted by atomic mass is 9.86. The number of amidine groups is 1. The number of oxime groups is 1. The molecule has 0 amide bonds. The maximum atomic E-state index is 8.67. The number of hydrogen-bond acceptors (Lipinski definition) is 3. The molecule has 1 rings (SSSR count). The monoisotopic (exact) mass is 239 g/mol. The van der Waals surface area contributed by atoms with Crippen molar-refractivity contribution in [1.29, 1.82) is 0 Å². The Bertz CT molecular complexity index is 284. The Hall–Kier alpha value is -1.03. The Morgan fingerprint density at radius 1 is 1.53 bits per heavy atom. The molecule has 4 N–H and O–H groups in total. The number of nitrogens with zero attached hydrogens (tertiary/aromatic N) is 1. The molecular formula is C13H25N3O. The minimum atomic E-state index is -0.219. The average molecular weight is 239 g/mol. The molecule has 4 nitrogen and oxygen atoms in total. The van der Waals surface area contributed by atoms with Crippen LogP contribution in [0.3, 0.4) is 0 Å². The van der Waals surface area contributed by atoms with Crippen LogP contribution >= 0.6 is 0 Å². The Labute approximate surface area is 104 Å². The van der Waals surface area contributed by atoms with E-state index in [0.717, 1.165) is 25.8 Å². The molecule has 1 aliphatic rings. The highest BCUT2D eigenvalue weighted by Crippen LogP contribution is 2.22. The van der Waals surface area contributed by atoms with Gasteiger partial charge in [-0.3, -0.25) is 0 Å². The number of nitrogens with one attached hydrogen (secondary N) is 1. The van der Waals surface area contributed by atoms with E-state index < -0.39 is 0 Å². The van der Waals surface area contributed by atoms with Crippen LogP contribution in [0.15, 0.2) is 17.3 Å². The largest absolute Gasteiger partial charge is 0.409 e. The fourth-order valence-electron chi connectivity index (χ4n) is 2.08. The van der Waals surface area contributed by atoms with Gasteiger partial charge in [-0.25, -0.2) is 0 Å². The van der Waals surface area contributed by atoms with Crippen molar-refractivity contribution in [3.05, 3.63) is 12.2 Å². The Morgan fingerprint density at radius 3 is 2.88 bits per heavy atom. The quantitative estimate of drug-likeness (QED) is 0.166. The maximum absolute atomic E-state index is 8.67. The highest BCUT2D eigenvalue weighted by atomic mass is 16.4. The number of allylic oxidation sites excluding steroid dienone is 1. The second-order valence-corrected chi connectivity index (χ2v) is 5.41. The highest BCUT2D eigenvalue weighted by molar-refractivity contribution is 5.85. The first-order valence-corrected chi connectivity index (χ1v) is 6.42. The van der Waals surface area contributed by atoms with Gasteiger partial charge in [-0.2, -0.15) is 0 Å². The predicted molar refractivity (Wildman–Crippen MR) is 71.2 cm³/mol. The Morgan fingerprint density at radius 2 is 2.29 bits per heavy atom. The lowest BCUT2D eigenvalue weighted by Gasteiger charge is -2.24. The van der Waals surface area contributed by atoms with E-state index in [0.29, 0.717) is 11.9 Å². The summed E-state index contributed by atoms with van der Waals surface area (Å²) in [7, 11) is 0. The van der Waals surface area contributed by atoms with Gasteiger partial charge in [0.15, 0.2) is 0 Å². The normalized spacial score (nSPS) is 21.8. The number of nitrogens with two attached hydrogens (primary N) is 1. The van der Waals surface area contributed by atoms with E-state index in [1.54, 1.807) is 0 Å². The molecule has 0 bridgehead atoms. The van der Waals surface area contributed by atoms with Crippen LogP contribution < -0.4 is 11.1 Å². The zero-order chi connectivity index (χ0) is 12.7. The van der Waals surface area contributed by atoms with Crippen LogP contribution in [0.5, 0.6) is 0 Å². The van der Waals surface area contributed by atoms with Gasteiger partial charge in [-0.15, -0.1) is 0 Å². The van der Waals surface area contributed by atoms with E-state index in [9.17, 15) is 0 Å². The van der Waals surface area contributed by atoms with Crippen molar-refractivity contribution < 1.29 is 5.21 Å². The zero-order valence-electron chi connectivity index (χ0n) is 10.9. The molecule has 0 radical (unpaired) electrons. The molecule has 0 saturated carbocycles. The van der Waals surface area contributed by atoms with Crippen LogP contribution in [0.25, 0.3) is 0 Å². The first kappa shape index (κ1) is 14.0. The van der Waals surface area contributed by atoms with Crippen LogP contribution in [0, 0.1) is 5.41 Å². The van der Waals surface area contributed by atoms with E-state index in [2.05, 4.69) is 22.6 Å². The molecule has 0 aliphatic heterocycles. The lowest BCUT2D eigenvalue weighted by molar-refractivity contribution is 0.304. The van der Waals surface area contributed by atoms with E-state index in [1.807, 2.05) is 13.8 Å². The standard InChI is InChI=1S/C13H25N3O/c1-13(2,12(14)16-17)9-6-10-15-11-7-4-3-5-8-11/h3-4,11,15,17H,5-10H2,1-2H3,(H2,14,16). The van der Waals surface area contributed by atoms with Gasteiger partial charge < -0.3 is 16.3 Å². The average Bonchev–Trinajstić information content (AvgIpc) is 2.35. The minimum absolute atomic E-state index is 0.219. The molecule has 1 unspecified atom stereocenters. The third-order valence-corrected chi connectivity index (χ3v) is 3.48. The van der Waals surface area contributed by atoms with Crippen molar-refractivity contribution in [2.75, 3.05) is 6.54 Å². The summed E-state index contributed by atoms with van der Waals surface area (Å²) in [6.45, 7) is 5.01. The summed E-state index contributed by atoms with van der Waals surface area (Å²) in [5.41, 5.74) is 5.43. The summed E-state index contributed by atoms with van der Waals surface area (Å²) in [6, 6.07) is 0.631. The third-order valence-electron chi connectivity index (χ3n) is 3.48. The fourth-order valence-corrected chi connectivity index (χ4v) is 2.08. The zero-order valence-corrected chi connectivity index (χ0v) is 10.9. The number of rotatable bonds is 6. The summed E-state index contributed by atoms with van der Waals surface area (Å²) in [5.74, 6) is 0.318. The maximum Gasteiger partial charge on any atom is 0.144 e. The second-order valence-electron chi connectivity index (χ2n) is 5.41. The van der Waals surface area contributed by atoms with Crippen molar-refractivity contribution in [2.45, 2.75) is 52.0 Å². The van der Waals surface area contributed by atoms with Gasteiger partial charge in [0.25, 0.3) is 0 Å². The van der Waals surface area contributed by atoms with Gasteiger partial charge in [0.05, 0.1) is 0 Å². The predicted octanol–water partition coefficient (Wildman–Crippen LogP) is 2.24. The van der Waals surface area contributed by atoms with E-state index in [1.165, 1.54) is 12.8 Å². The SMILES string of the molecule is CC(C)(CCCNC1CC=CCC1)C(N)=NO. The van der Waals surface area contributed by atoms with Crippen LogP contribution in [0.4, 0.5) is 0 Å². The molecule has 0 fully saturated rings. The second kappa shape index (κ2) is 6.64. The molecule has 4 heteroatoms.